The second kappa shape index (κ2) is 4.68. The van der Waals surface area contributed by atoms with E-state index in [0.717, 1.165) is 24.0 Å². The second-order valence-corrected chi connectivity index (χ2v) is 4.23. The van der Waals surface area contributed by atoms with Crippen molar-refractivity contribution in [2.45, 2.75) is 32.6 Å². The van der Waals surface area contributed by atoms with Gasteiger partial charge in [-0.15, -0.1) is 0 Å². The quantitative estimate of drug-likeness (QED) is 0.682. The number of amides is 1. The van der Waals surface area contributed by atoms with Gasteiger partial charge in [0.15, 0.2) is 5.78 Å². The van der Waals surface area contributed by atoms with Crippen LogP contribution in [0.5, 0.6) is 0 Å². The highest BCUT2D eigenvalue weighted by atomic mass is 16.6. The number of carbonyl (C=O) groups is 2. The first kappa shape index (κ1) is 11.2. The van der Waals surface area contributed by atoms with Gasteiger partial charge in [-0.1, -0.05) is 0 Å². The van der Waals surface area contributed by atoms with Gasteiger partial charge in [0, 0.05) is 19.5 Å². The lowest BCUT2D eigenvalue weighted by Crippen LogP contribution is -2.39. The first-order valence-corrected chi connectivity index (χ1v) is 5.88. The average Bonchev–Trinajstić information content (AvgIpc) is 2.29. The SMILES string of the molecule is CCOC(=O)N1CCC2=C(CCCC2=O)C1. The van der Waals surface area contributed by atoms with Crippen LogP contribution in [-0.2, 0) is 9.53 Å². The van der Waals surface area contributed by atoms with Crippen LogP contribution in [0.4, 0.5) is 4.79 Å². The third kappa shape index (κ3) is 2.10. The molecular formula is C12H17NO3. The summed E-state index contributed by atoms with van der Waals surface area (Å²) in [5.74, 6) is 0.282. The summed E-state index contributed by atoms with van der Waals surface area (Å²) in [5.41, 5.74) is 2.13. The Bertz CT molecular complexity index is 346. The molecule has 16 heavy (non-hydrogen) atoms. The fraction of sp³-hybridized carbons (Fsp3) is 0.667. The lowest BCUT2D eigenvalue weighted by molar-refractivity contribution is -0.116. The third-order valence-corrected chi connectivity index (χ3v) is 3.19. The molecule has 88 valence electrons. The molecule has 0 aromatic carbocycles. The normalized spacial score (nSPS) is 20.8. The van der Waals surface area contributed by atoms with E-state index in [1.807, 2.05) is 0 Å². The van der Waals surface area contributed by atoms with Gasteiger partial charge >= 0.3 is 6.09 Å². The molecule has 0 saturated heterocycles. The molecule has 0 fully saturated rings. The Morgan fingerprint density at radius 1 is 1.38 bits per heavy atom. The predicted molar refractivity (Wildman–Crippen MR) is 59.1 cm³/mol. The minimum Gasteiger partial charge on any atom is -0.450 e. The van der Waals surface area contributed by atoms with Gasteiger partial charge in [0.05, 0.1) is 6.61 Å². The number of rotatable bonds is 1. The molecule has 0 aromatic rings. The summed E-state index contributed by atoms with van der Waals surface area (Å²) in [6.07, 6.45) is 3.00. The van der Waals surface area contributed by atoms with Crippen molar-refractivity contribution in [2.24, 2.45) is 0 Å². The van der Waals surface area contributed by atoms with Gasteiger partial charge in [-0.3, -0.25) is 4.79 Å². The van der Waals surface area contributed by atoms with Crippen LogP contribution in [0.1, 0.15) is 32.6 Å². The molecule has 4 heteroatoms. The number of hydrogen-bond donors (Lipinski definition) is 0. The van der Waals surface area contributed by atoms with Gasteiger partial charge in [0.1, 0.15) is 0 Å². The molecule has 0 aromatic heterocycles. The highest BCUT2D eigenvalue weighted by molar-refractivity contribution is 5.97. The van der Waals surface area contributed by atoms with E-state index in [2.05, 4.69) is 0 Å². The van der Waals surface area contributed by atoms with Crippen molar-refractivity contribution in [3.8, 4) is 0 Å². The molecule has 1 heterocycles. The van der Waals surface area contributed by atoms with Crippen molar-refractivity contribution in [1.82, 2.24) is 4.90 Å². The van der Waals surface area contributed by atoms with E-state index >= 15 is 0 Å². The van der Waals surface area contributed by atoms with Crippen molar-refractivity contribution in [2.75, 3.05) is 19.7 Å². The van der Waals surface area contributed by atoms with Crippen LogP contribution in [0.25, 0.3) is 0 Å². The zero-order valence-electron chi connectivity index (χ0n) is 9.62. The van der Waals surface area contributed by atoms with E-state index in [0.29, 0.717) is 32.5 Å². The largest absolute Gasteiger partial charge is 0.450 e. The van der Waals surface area contributed by atoms with Crippen LogP contribution in [-0.4, -0.2) is 36.5 Å². The predicted octanol–water partition coefficient (Wildman–Crippen LogP) is 1.90. The maximum atomic E-state index is 11.6. The maximum absolute atomic E-state index is 11.6. The van der Waals surface area contributed by atoms with Crippen molar-refractivity contribution in [3.63, 3.8) is 0 Å². The lowest BCUT2D eigenvalue weighted by atomic mass is 9.86. The molecule has 0 unspecified atom stereocenters. The standard InChI is InChI=1S/C12H17NO3/c1-2-16-12(15)13-7-6-10-9(8-13)4-3-5-11(10)14/h2-8H2,1H3. The summed E-state index contributed by atoms with van der Waals surface area (Å²) in [6, 6.07) is 0. The zero-order chi connectivity index (χ0) is 11.5. The van der Waals surface area contributed by atoms with Gasteiger partial charge < -0.3 is 9.64 Å². The smallest absolute Gasteiger partial charge is 0.410 e. The minimum atomic E-state index is -0.257. The zero-order valence-corrected chi connectivity index (χ0v) is 9.62. The summed E-state index contributed by atoms with van der Waals surface area (Å²) in [7, 11) is 0. The molecule has 1 amide bonds. The summed E-state index contributed by atoms with van der Waals surface area (Å²) in [6.45, 7) is 3.40. The maximum Gasteiger partial charge on any atom is 0.410 e. The molecule has 4 nitrogen and oxygen atoms in total. The summed E-state index contributed by atoms with van der Waals surface area (Å²) in [5, 5.41) is 0. The summed E-state index contributed by atoms with van der Waals surface area (Å²) < 4.78 is 4.97. The van der Waals surface area contributed by atoms with E-state index in [-0.39, 0.29) is 11.9 Å². The number of ketones is 1. The Kier molecular flexibility index (Phi) is 3.27. The number of carbonyl (C=O) groups excluding carboxylic acids is 2. The summed E-state index contributed by atoms with van der Waals surface area (Å²) >= 11 is 0. The van der Waals surface area contributed by atoms with E-state index in [9.17, 15) is 9.59 Å². The number of nitrogens with zero attached hydrogens (tertiary/aromatic N) is 1. The molecule has 2 aliphatic rings. The van der Waals surface area contributed by atoms with Gasteiger partial charge in [0.25, 0.3) is 0 Å². The van der Waals surface area contributed by atoms with Crippen LogP contribution < -0.4 is 0 Å². The second-order valence-electron chi connectivity index (χ2n) is 4.23. The van der Waals surface area contributed by atoms with Crippen molar-refractivity contribution in [3.05, 3.63) is 11.1 Å². The van der Waals surface area contributed by atoms with Crippen molar-refractivity contribution in [1.29, 1.82) is 0 Å². The molecule has 1 aliphatic heterocycles. The van der Waals surface area contributed by atoms with Crippen LogP contribution in [0, 0.1) is 0 Å². The number of hydrogen-bond acceptors (Lipinski definition) is 3. The molecule has 0 bridgehead atoms. The molecule has 2 rings (SSSR count). The van der Waals surface area contributed by atoms with E-state index < -0.39 is 0 Å². The molecule has 1 aliphatic carbocycles. The minimum absolute atomic E-state index is 0.257. The van der Waals surface area contributed by atoms with Crippen LogP contribution >= 0.6 is 0 Å². The van der Waals surface area contributed by atoms with Gasteiger partial charge in [0.2, 0.25) is 0 Å². The first-order chi connectivity index (χ1) is 7.72. The fourth-order valence-electron chi connectivity index (χ4n) is 2.38. The van der Waals surface area contributed by atoms with Gasteiger partial charge in [-0.25, -0.2) is 4.79 Å². The van der Waals surface area contributed by atoms with Crippen molar-refractivity contribution < 1.29 is 14.3 Å². The third-order valence-electron chi connectivity index (χ3n) is 3.19. The fourth-order valence-corrected chi connectivity index (χ4v) is 2.38. The first-order valence-electron chi connectivity index (χ1n) is 5.88. The molecule has 0 saturated carbocycles. The van der Waals surface area contributed by atoms with Crippen molar-refractivity contribution >= 4 is 11.9 Å². The highest BCUT2D eigenvalue weighted by Gasteiger charge is 2.28. The Balaban J connectivity index is 2.06. The Hall–Kier alpha value is -1.32. The topological polar surface area (TPSA) is 46.6 Å². The molecule has 0 radical (unpaired) electrons. The number of Topliss-reactive ketones (excluding diaryl/α,β-unsaturated/α-hetero) is 1. The van der Waals surface area contributed by atoms with Crippen LogP contribution in [0.15, 0.2) is 11.1 Å². The molecule has 0 N–H and O–H groups in total. The molecule has 0 spiro atoms. The average molecular weight is 223 g/mol. The van der Waals surface area contributed by atoms with Crippen LogP contribution in [0.3, 0.4) is 0 Å². The molecule has 0 atom stereocenters. The van der Waals surface area contributed by atoms with E-state index in [4.69, 9.17) is 4.74 Å². The van der Waals surface area contributed by atoms with Crippen LogP contribution in [0.2, 0.25) is 0 Å². The van der Waals surface area contributed by atoms with E-state index in [1.54, 1.807) is 11.8 Å². The van der Waals surface area contributed by atoms with E-state index in [1.165, 1.54) is 0 Å². The lowest BCUT2D eigenvalue weighted by Gasteiger charge is -2.31. The van der Waals surface area contributed by atoms with Gasteiger partial charge in [-0.05, 0) is 37.3 Å². The Labute approximate surface area is 95.2 Å². The van der Waals surface area contributed by atoms with Gasteiger partial charge in [-0.2, -0.15) is 0 Å². The molecular weight excluding hydrogens is 206 g/mol. The Morgan fingerprint density at radius 3 is 2.94 bits per heavy atom. The number of ether oxygens (including phenoxy) is 1. The monoisotopic (exact) mass is 223 g/mol. The highest BCUT2D eigenvalue weighted by Crippen LogP contribution is 2.28. The summed E-state index contributed by atoms with van der Waals surface area (Å²) in [4.78, 5) is 24.9. The Morgan fingerprint density at radius 2 is 2.19 bits per heavy atom.